The van der Waals surface area contributed by atoms with E-state index in [0.29, 0.717) is 26.2 Å². The van der Waals surface area contributed by atoms with E-state index in [4.69, 9.17) is 18.8 Å². The molecule has 2 aliphatic rings. The average Bonchev–Trinajstić information content (AvgIpc) is 2.99. The molecule has 0 aliphatic carbocycles. The molecular formula is C32H40BrNO7S. The van der Waals surface area contributed by atoms with Crippen LogP contribution in [0.2, 0.25) is 0 Å². The van der Waals surface area contributed by atoms with Crippen molar-refractivity contribution in [1.29, 1.82) is 0 Å². The van der Waals surface area contributed by atoms with Gasteiger partial charge in [0.1, 0.15) is 18.1 Å². The minimum Gasteiger partial charge on any atom is -0.493 e. The number of methoxy groups -OCH3 is 1. The highest BCUT2D eigenvalue weighted by Crippen LogP contribution is 2.33. The summed E-state index contributed by atoms with van der Waals surface area (Å²) in [6.45, 7) is 5.12. The Morgan fingerprint density at radius 1 is 0.976 bits per heavy atom. The summed E-state index contributed by atoms with van der Waals surface area (Å²) in [5.41, 5.74) is 3.58. The van der Waals surface area contributed by atoms with Crippen LogP contribution in [0, 0.1) is 5.92 Å². The number of hydrogen-bond acceptors (Lipinski definition) is 7. The van der Waals surface area contributed by atoms with Crippen LogP contribution in [0.1, 0.15) is 42.1 Å². The van der Waals surface area contributed by atoms with Gasteiger partial charge in [-0.3, -0.25) is 4.55 Å². The van der Waals surface area contributed by atoms with Crippen molar-refractivity contribution in [3.05, 3.63) is 87.9 Å². The van der Waals surface area contributed by atoms with Crippen LogP contribution in [0.5, 0.6) is 11.5 Å². The molecule has 1 unspecified atom stereocenters. The first kappa shape index (κ1) is 32.4. The number of rotatable bonds is 10. The monoisotopic (exact) mass is 661 g/mol. The van der Waals surface area contributed by atoms with Gasteiger partial charge in [0, 0.05) is 25.6 Å². The van der Waals surface area contributed by atoms with Gasteiger partial charge < -0.3 is 24.2 Å². The molecule has 10 heteroatoms. The third-order valence-corrected chi connectivity index (χ3v) is 9.13. The molecule has 1 fully saturated rings. The van der Waals surface area contributed by atoms with Crippen LogP contribution in [0.25, 0.3) is 0 Å². The topological polar surface area (TPSA) is 106 Å². The third-order valence-electron chi connectivity index (χ3n) is 7.61. The van der Waals surface area contributed by atoms with E-state index in [-0.39, 0.29) is 11.0 Å². The van der Waals surface area contributed by atoms with Crippen LogP contribution in [-0.2, 0) is 27.7 Å². The van der Waals surface area contributed by atoms with Crippen LogP contribution in [-0.4, -0.2) is 69.5 Å². The minimum atomic E-state index is -4.00. The summed E-state index contributed by atoms with van der Waals surface area (Å²) in [4.78, 5) is 2.50. The van der Waals surface area contributed by atoms with E-state index in [1.165, 1.54) is 36.1 Å². The van der Waals surface area contributed by atoms with Gasteiger partial charge in [-0.25, -0.2) is 0 Å². The van der Waals surface area contributed by atoms with Crippen molar-refractivity contribution in [2.45, 2.75) is 43.1 Å². The van der Waals surface area contributed by atoms with Crippen molar-refractivity contribution in [3.63, 3.8) is 0 Å². The number of nitrogens with zero attached hydrogens (tertiary/aromatic N) is 1. The van der Waals surface area contributed by atoms with Gasteiger partial charge in [-0.05, 0) is 108 Å². The van der Waals surface area contributed by atoms with Crippen molar-refractivity contribution < 1.29 is 32.3 Å². The lowest BCUT2D eigenvalue weighted by atomic mass is 9.90. The molecule has 0 bridgehead atoms. The number of ether oxygens (including phenoxy) is 3. The second-order valence-corrected chi connectivity index (χ2v) is 12.9. The van der Waals surface area contributed by atoms with Crippen molar-refractivity contribution in [3.8, 4) is 11.5 Å². The van der Waals surface area contributed by atoms with Gasteiger partial charge in [-0.2, -0.15) is 8.42 Å². The fraction of sp³-hybridized carbons (Fsp3) is 0.438. The Bertz CT molecular complexity index is 1380. The summed E-state index contributed by atoms with van der Waals surface area (Å²) in [7, 11) is -2.31. The summed E-state index contributed by atoms with van der Waals surface area (Å²) < 4.78 is 46.8. The molecule has 3 aromatic carbocycles. The average molecular weight is 663 g/mol. The molecule has 2 heterocycles. The predicted molar refractivity (Wildman–Crippen MR) is 166 cm³/mol. The first-order valence-electron chi connectivity index (χ1n) is 14.3. The van der Waals surface area contributed by atoms with Gasteiger partial charge in [0.15, 0.2) is 0 Å². The van der Waals surface area contributed by atoms with Gasteiger partial charge in [0.05, 0.1) is 28.7 Å². The Hall–Kier alpha value is -2.47. The second kappa shape index (κ2) is 15.8. The lowest BCUT2D eigenvalue weighted by molar-refractivity contribution is 0.115. The normalized spacial score (nSPS) is 17.5. The third kappa shape index (κ3) is 9.79. The van der Waals surface area contributed by atoms with E-state index in [1.54, 1.807) is 25.3 Å². The standard InChI is InChI=1S/C26H34BrNO4.C6H6O3S/c1-30-14-15-32-26-18-21(2-4-23(26)27)16-20-7-11-28(12-8-20)10-6-19-3-5-25-22(17-19)24(29)9-13-31-25;7-10(8,9)6-4-2-1-3-5-6/h2-5,17-18,20,24,29H,6-16H2,1H3;1-5H,(H,7,8,9). The summed E-state index contributed by atoms with van der Waals surface area (Å²) in [6, 6.07) is 20.2. The Labute approximate surface area is 257 Å². The van der Waals surface area contributed by atoms with E-state index in [2.05, 4.69) is 51.2 Å². The van der Waals surface area contributed by atoms with E-state index < -0.39 is 10.1 Å². The van der Waals surface area contributed by atoms with Crippen molar-refractivity contribution >= 4 is 26.0 Å². The molecule has 228 valence electrons. The number of hydrogen-bond donors (Lipinski definition) is 2. The molecule has 2 aliphatic heterocycles. The molecule has 1 saturated heterocycles. The molecule has 2 N–H and O–H groups in total. The fourth-order valence-corrected chi connectivity index (χ4v) is 6.09. The molecule has 0 amide bonds. The van der Waals surface area contributed by atoms with E-state index in [1.807, 2.05) is 6.07 Å². The fourth-order valence-electron chi connectivity index (χ4n) is 5.23. The Balaban J connectivity index is 0.000000343. The van der Waals surface area contributed by atoms with Crippen LogP contribution >= 0.6 is 15.9 Å². The zero-order valence-electron chi connectivity index (χ0n) is 24.0. The highest BCUT2D eigenvalue weighted by atomic mass is 79.9. The molecule has 0 saturated carbocycles. The summed E-state index contributed by atoms with van der Waals surface area (Å²) in [5, 5.41) is 10.2. The number of benzene rings is 3. The zero-order valence-corrected chi connectivity index (χ0v) is 26.4. The molecule has 1 atom stereocenters. The minimum absolute atomic E-state index is 0.0741. The van der Waals surface area contributed by atoms with Crippen LogP contribution < -0.4 is 9.47 Å². The van der Waals surface area contributed by atoms with Crippen LogP contribution in [0.3, 0.4) is 0 Å². The van der Waals surface area contributed by atoms with Crippen LogP contribution in [0.15, 0.2) is 76.1 Å². The lowest BCUT2D eigenvalue weighted by Gasteiger charge is -2.32. The highest BCUT2D eigenvalue weighted by Gasteiger charge is 2.22. The Kier molecular flexibility index (Phi) is 12.2. The van der Waals surface area contributed by atoms with Gasteiger partial charge >= 0.3 is 0 Å². The first-order chi connectivity index (χ1) is 20.2. The number of halogens is 1. The zero-order chi connectivity index (χ0) is 30.0. The second-order valence-electron chi connectivity index (χ2n) is 10.7. The summed E-state index contributed by atoms with van der Waals surface area (Å²) >= 11 is 3.58. The van der Waals surface area contributed by atoms with Gasteiger partial charge in [0.25, 0.3) is 10.1 Å². The quantitative estimate of drug-likeness (QED) is 0.210. The van der Waals surface area contributed by atoms with Gasteiger partial charge in [0.2, 0.25) is 0 Å². The molecule has 3 aromatic rings. The van der Waals surface area contributed by atoms with Crippen molar-refractivity contribution in [2.75, 3.05) is 46.6 Å². The van der Waals surface area contributed by atoms with Crippen LogP contribution in [0.4, 0.5) is 0 Å². The maximum atomic E-state index is 10.4. The molecule has 0 spiro atoms. The molecule has 0 aromatic heterocycles. The first-order valence-corrected chi connectivity index (χ1v) is 16.5. The lowest BCUT2D eigenvalue weighted by Crippen LogP contribution is -2.35. The predicted octanol–water partition coefficient (Wildman–Crippen LogP) is 5.72. The molecular weight excluding hydrogens is 622 g/mol. The van der Waals surface area contributed by atoms with Crippen molar-refractivity contribution in [2.24, 2.45) is 5.92 Å². The summed E-state index contributed by atoms with van der Waals surface area (Å²) in [5.74, 6) is 2.46. The van der Waals surface area contributed by atoms with E-state index >= 15 is 0 Å². The smallest absolute Gasteiger partial charge is 0.294 e. The number of aliphatic hydroxyl groups is 1. The SMILES string of the molecule is COCCOc1cc(CC2CCN(CCc3ccc4c(c3)C(O)CCO4)CC2)ccc1Br.O=S(=O)(O)c1ccccc1. The van der Waals surface area contributed by atoms with Gasteiger partial charge in [-0.15, -0.1) is 0 Å². The molecule has 42 heavy (non-hydrogen) atoms. The number of aliphatic hydroxyl groups excluding tert-OH is 1. The number of likely N-dealkylation sites (tertiary alicyclic amines) is 1. The Morgan fingerprint density at radius 3 is 2.40 bits per heavy atom. The van der Waals surface area contributed by atoms with Gasteiger partial charge in [-0.1, -0.05) is 30.3 Å². The van der Waals surface area contributed by atoms with E-state index in [9.17, 15) is 13.5 Å². The van der Waals surface area contributed by atoms with Crippen molar-refractivity contribution in [1.82, 2.24) is 4.90 Å². The molecule has 5 rings (SSSR count). The highest BCUT2D eigenvalue weighted by molar-refractivity contribution is 9.10. The molecule has 0 radical (unpaired) electrons. The maximum Gasteiger partial charge on any atom is 0.294 e. The number of piperidine rings is 1. The Morgan fingerprint density at radius 2 is 1.71 bits per heavy atom. The maximum absolute atomic E-state index is 10.4. The molecule has 8 nitrogen and oxygen atoms in total. The summed E-state index contributed by atoms with van der Waals surface area (Å²) in [6.07, 6.45) is 4.87. The largest absolute Gasteiger partial charge is 0.493 e. The van der Waals surface area contributed by atoms with E-state index in [0.717, 1.165) is 59.9 Å². The number of fused-ring (bicyclic) bond motifs is 1.